The molecule has 5 heteroatoms. The molecule has 21 heavy (non-hydrogen) atoms. The second-order valence-electron chi connectivity index (χ2n) is 5.69. The third kappa shape index (κ3) is 3.55. The number of nitrogens with one attached hydrogen (secondary N) is 1. The van der Waals surface area contributed by atoms with Crippen molar-refractivity contribution >= 4 is 0 Å². The molecular weight excluding hydrogens is 264 g/mol. The van der Waals surface area contributed by atoms with Crippen molar-refractivity contribution in [2.75, 3.05) is 13.1 Å². The van der Waals surface area contributed by atoms with E-state index < -0.39 is 0 Å². The van der Waals surface area contributed by atoms with E-state index in [0.717, 1.165) is 38.2 Å². The number of H-pyrrole nitrogens is 1. The van der Waals surface area contributed by atoms with E-state index in [4.69, 9.17) is 0 Å². The smallest absolute Gasteiger partial charge is 0.251 e. The minimum Gasteiger partial charge on any atom is -0.311 e. The van der Waals surface area contributed by atoms with Crippen LogP contribution in [0.4, 0.5) is 0 Å². The normalized spacial score (nSPS) is 19.6. The van der Waals surface area contributed by atoms with Gasteiger partial charge in [0.25, 0.3) is 5.56 Å². The zero-order valence-corrected chi connectivity index (χ0v) is 12.2. The van der Waals surface area contributed by atoms with Gasteiger partial charge in [0.1, 0.15) is 5.82 Å². The fraction of sp³-hybridized carbons (Fsp3) is 0.438. The molecule has 3 heterocycles. The van der Waals surface area contributed by atoms with Crippen LogP contribution < -0.4 is 5.56 Å². The monoisotopic (exact) mass is 284 g/mol. The predicted molar refractivity (Wildman–Crippen MR) is 81.1 cm³/mol. The molecule has 1 aliphatic rings. The molecule has 1 saturated heterocycles. The average Bonchev–Trinajstić information content (AvgIpc) is 2.47. The lowest BCUT2D eigenvalue weighted by Crippen LogP contribution is -2.34. The molecule has 1 N–H and O–H groups in total. The molecule has 0 amide bonds. The van der Waals surface area contributed by atoms with Crippen LogP contribution in [-0.2, 0) is 6.54 Å². The molecule has 2 aromatic rings. The summed E-state index contributed by atoms with van der Waals surface area (Å²) in [5.74, 6) is 1.05. The summed E-state index contributed by atoms with van der Waals surface area (Å²) in [7, 11) is 0. The quantitative estimate of drug-likeness (QED) is 0.934. The number of aromatic nitrogens is 3. The third-order valence-corrected chi connectivity index (χ3v) is 3.96. The van der Waals surface area contributed by atoms with Gasteiger partial charge in [0.2, 0.25) is 0 Å². The Morgan fingerprint density at radius 1 is 1.38 bits per heavy atom. The Labute approximate surface area is 124 Å². The van der Waals surface area contributed by atoms with Crippen molar-refractivity contribution in [2.45, 2.75) is 32.2 Å². The van der Waals surface area contributed by atoms with Crippen molar-refractivity contribution in [2.24, 2.45) is 0 Å². The van der Waals surface area contributed by atoms with Gasteiger partial charge < -0.3 is 4.98 Å². The van der Waals surface area contributed by atoms with Crippen LogP contribution in [0.1, 0.15) is 35.8 Å². The number of hydrogen-bond donors (Lipinski definition) is 1. The van der Waals surface area contributed by atoms with E-state index in [1.165, 1.54) is 5.56 Å². The Balaban J connectivity index is 1.72. The molecule has 1 aliphatic heterocycles. The molecule has 3 rings (SSSR count). The molecule has 0 aliphatic carbocycles. The maximum absolute atomic E-state index is 11.6. The van der Waals surface area contributed by atoms with Gasteiger partial charge in [-0.15, -0.1) is 0 Å². The van der Waals surface area contributed by atoms with E-state index >= 15 is 0 Å². The van der Waals surface area contributed by atoms with Crippen molar-refractivity contribution < 1.29 is 0 Å². The van der Waals surface area contributed by atoms with Crippen LogP contribution in [0.2, 0.25) is 0 Å². The third-order valence-electron chi connectivity index (χ3n) is 3.96. The number of likely N-dealkylation sites (tertiary alicyclic amines) is 1. The molecule has 0 radical (unpaired) electrons. The zero-order valence-electron chi connectivity index (χ0n) is 12.2. The lowest BCUT2D eigenvalue weighted by Gasteiger charge is -2.32. The highest BCUT2D eigenvalue weighted by molar-refractivity contribution is 5.12. The summed E-state index contributed by atoms with van der Waals surface area (Å²) in [5, 5.41) is 0. The van der Waals surface area contributed by atoms with Crippen molar-refractivity contribution in [3.05, 3.63) is 58.0 Å². The van der Waals surface area contributed by atoms with E-state index in [1.54, 1.807) is 6.07 Å². The number of hydrogen-bond acceptors (Lipinski definition) is 4. The first-order valence-electron chi connectivity index (χ1n) is 7.40. The summed E-state index contributed by atoms with van der Waals surface area (Å²) >= 11 is 0. The van der Waals surface area contributed by atoms with Crippen molar-refractivity contribution in [3.63, 3.8) is 0 Å². The highest BCUT2D eigenvalue weighted by Gasteiger charge is 2.22. The summed E-state index contributed by atoms with van der Waals surface area (Å²) in [6.07, 6.45) is 5.91. The number of aromatic amines is 1. The Morgan fingerprint density at radius 3 is 2.95 bits per heavy atom. The fourth-order valence-electron chi connectivity index (χ4n) is 3.00. The molecule has 2 aromatic heterocycles. The maximum atomic E-state index is 11.6. The molecule has 110 valence electrons. The second kappa shape index (κ2) is 6.18. The molecule has 0 bridgehead atoms. The second-order valence-corrected chi connectivity index (χ2v) is 5.69. The Kier molecular flexibility index (Phi) is 4.10. The molecule has 0 aromatic carbocycles. The average molecular weight is 284 g/mol. The van der Waals surface area contributed by atoms with Crippen LogP contribution in [0.3, 0.4) is 0 Å². The van der Waals surface area contributed by atoms with E-state index in [-0.39, 0.29) is 5.56 Å². The van der Waals surface area contributed by atoms with Gasteiger partial charge in [-0.3, -0.25) is 14.7 Å². The van der Waals surface area contributed by atoms with Crippen molar-refractivity contribution in [1.82, 2.24) is 19.9 Å². The largest absolute Gasteiger partial charge is 0.311 e. The van der Waals surface area contributed by atoms with Gasteiger partial charge in [0.15, 0.2) is 0 Å². The predicted octanol–water partition coefficient (Wildman–Crippen LogP) is 1.85. The van der Waals surface area contributed by atoms with Crippen molar-refractivity contribution in [1.29, 1.82) is 0 Å². The summed E-state index contributed by atoms with van der Waals surface area (Å²) in [6.45, 7) is 4.82. The molecule has 1 fully saturated rings. The number of nitrogens with zero attached hydrogens (tertiary/aromatic N) is 3. The highest BCUT2D eigenvalue weighted by Crippen LogP contribution is 2.25. The lowest BCUT2D eigenvalue weighted by atomic mass is 9.94. The Morgan fingerprint density at radius 2 is 2.19 bits per heavy atom. The maximum Gasteiger partial charge on any atom is 0.251 e. The lowest BCUT2D eigenvalue weighted by molar-refractivity contribution is 0.198. The van der Waals surface area contributed by atoms with Gasteiger partial charge in [-0.1, -0.05) is 0 Å². The molecular formula is C16H20N4O. The van der Waals surface area contributed by atoms with Gasteiger partial charge in [-0.2, -0.15) is 0 Å². The Hall–Kier alpha value is -2.01. The van der Waals surface area contributed by atoms with Crippen LogP contribution in [0, 0.1) is 6.92 Å². The van der Waals surface area contributed by atoms with Gasteiger partial charge in [-0.05, 0) is 44.0 Å². The number of rotatable bonds is 3. The van der Waals surface area contributed by atoms with Gasteiger partial charge in [-0.25, -0.2) is 4.98 Å². The summed E-state index contributed by atoms with van der Waals surface area (Å²) in [6, 6.07) is 5.76. The molecule has 5 nitrogen and oxygen atoms in total. The SMILES string of the molecule is Cc1nc([C@H]2CCCN(Cc3ccncc3)C2)cc(=O)[nH]1. The van der Waals surface area contributed by atoms with Crippen LogP contribution in [0.15, 0.2) is 35.4 Å². The standard InChI is InChI=1S/C16H20N4O/c1-12-18-15(9-16(21)19-12)14-3-2-8-20(11-14)10-13-4-6-17-7-5-13/h4-7,9,14H,2-3,8,10-11H2,1H3,(H,18,19,21)/t14-/m0/s1. The van der Waals surface area contributed by atoms with Gasteiger partial charge in [0.05, 0.1) is 5.69 Å². The van der Waals surface area contributed by atoms with Crippen molar-refractivity contribution in [3.8, 4) is 0 Å². The first kappa shape index (κ1) is 13.9. The Bertz CT molecular complexity index is 653. The molecule has 0 unspecified atom stereocenters. The van der Waals surface area contributed by atoms with Gasteiger partial charge >= 0.3 is 0 Å². The minimum absolute atomic E-state index is 0.0521. The topological polar surface area (TPSA) is 61.9 Å². The van der Waals surface area contributed by atoms with E-state index in [0.29, 0.717) is 11.7 Å². The summed E-state index contributed by atoms with van der Waals surface area (Å²) in [4.78, 5) is 25.3. The van der Waals surface area contributed by atoms with E-state index in [1.807, 2.05) is 19.3 Å². The first-order chi connectivity index (χ1) is 10.2. The van der Waals surface area contributed by atoms with E-state index in [9.17, 15) is 4.79 Å². The van der Waals surface area contributed by atoms with Crippen LogP contribution >= 0.6 is 0 Å². The molecule has 1 atom stereocenters. The van der Waals surface area contributed by atoms with Gasteiger partial charge in [0, 0.05) is 37.5 Å². The first-order valence-corrected chi connectivity index (χ1v) is 7.40. The highest BCUT2D eigenvalue weighted by atomic mass is 16.1. The van der Waals surface area contributed by atoms with Crippen LogP contribution in [0.25, 0.3) is 0 Å². The molecule has 0 saturated carbocycles. The number of pyridine rings is 1. The fourth-order valence-corrected chi connectivity index (χ4v) is 3.00. The minimum atomic E-state index is -0.0521. The summed E-state index contributed by atoms with van der Waals surface area (Å²) in [5.41, 5.74) is 2.15. The number of aryl methyl sites for hydroxylation is 1. The van der Waals surface area contributed by atoms with E-state index in [2.05, 4.69) is 32.0 Å². The summed E-state index contributed by atoms with van der Waals surface area (Å²) < 4.78 is 0. The zero-order chi connectivity index (χ0) is 14.7. The van der Waals surface area contributed by atoms with Crippen LogP contribution in [-0.4, -0.2) is 32.9 Å². The number of piperidine rings is 1. The van der Waals surface area contributed by atoms with Crippen LogP contribution in [0.5, 0.6) is 0 Å². The molecule has 0 spiro atoms.